The molecule has 0 spiro atoms. The Bertz CT molecular complexity index is 643. The molecule has 0 amide bonds. The minimum Gasteiger partial charge on any atom is -0.478 e. The number of hydrogen-bond acceptors (Lipinski definition) is 1. The summed E-state index contributed by atoms with van der Waals surface area (Å²) >= 11 is 18.1. The number of carboxylic acids is 1. The van der Waals surface area contributed by atoms with E-state index in [0.29, 0.717) is 26.2 Å². The lowest BCUT2D eigenvalue weighted by atomic mass is 9.97. The van der Waals surface area contributed by atoms with E-state index in [9.17, 15) is 9.90 Å². The molecule has 2 aromatic carbocycles. The Morgan fingerprint density at radius 2 is 1.63 bits per heavy atom. The van der Waals surface area contributed by atoms with Crippen molar-refractivity contribution in [2.75, 3.05) is 0 Å². The van der Waals surface area contributed by atoms with Gasteiger partial charge >= 0.3 is 5.97 Å². The topological polar surface area (TPSA) is 37.3 Å². The molecule has 19 heavy (non-hydrogen) atoms. The molecule has 1 N–H and O–H groups in total. The highest BCUT2D eigenvalue weighted by Crippen LogP contribution is 2.39. The zero-order chi connectivity index (χ0) is 14.2. The second-order valence-corrected chi connectivity index (χ2v) is 5.35. The number of carboxylic acid groups (broad SMARTS) is 1. The quantitative estimate of drug-likeness (QED) is 0.814. The van der Waals surface area contributed by atoms with Gasteiger partial charge in [-0.05, 0) is 30.7 Å². The average Bonchev–Trinajstić information content (AvgIpc) is 2.29. The van der Waals surface area contributed by atoms with E-state index in [2.05, 4.69) is 0 Å². The number of carbonyl (C=O) groups is 1. The molecule has 2 nitrogen and oxygen atoms in total. The van der Waals surface area contributed by atoms with Crippen molar-refractivity contribution in [1.29, 1.82) is 0 Å². The molecule has 2 aromatic rings. The standard InChI is InChI=1S/C14H9Cl3O2/c1-7-2-3-9(10(4-7)14(18)19)13-11(16)5-8(15)6-12(13)17/h2-6H,1H3,(H,18,19). The monoisotopic (exact) mass is 314 g/mol. The SMILES string of the molecule is Cc1ccc(-c2c(Cl)cc(Cl)cc2Cl)c(C(=O)O)c1. The summed E-state index contributed by atoms with van der Waals surface area (Å²) in [5.74, 6) is -1.03. The van der Waals surface area contributed by atoms with Gasteiger partial charge in [0.1, 0.15) is 0 Å². The third-order valence-corrected chi connectivity index (χ3v) is 3.50. The Morgan fingerprint density at radius 1 is 1.05 bits per heavy atom. The number of benzene rings is 2. The number of halogens is 3. The molecule has 98 valence electrons. The predicted molar refractivity (Wildman–Crippen MR) is 78.6 cm³/mol. The molecular formula is C14H9Cl3O2. The Hall–Kier alpha value is -1.22. The molecule has 0 unspecified atom stereocenters. The first-order chi connectivity index (χ1) is 8.90. The molecule has 0 bridgehead atoms. The maximum Gasteiger partial charge on any atom is 0.336 e. The van der Waals surface area contributed by atoms with E-state index in [0.717, 1.165) is 5.56 Å². The second-order valence-electron chi connectivity index (χ2n) is 4.10. The molecule has 0 aliphatic carbocycles. The van der Waals surface area contributed by atoms with E-state index < -0.39 is 5.97 Å². The summed E-state index contributed by atoms with van der Waals surface area (Å²) in [5.41, 5.74) is 1.96. The summed E-state index contributed by atoms with van der Waals surface area (Å²) in [5, 5.41) is 10.3. The van der Waals surface area contributed by atoms with Crippen LogP contribution in [0.3, 0.4) is 0 Å². The largest absolute Gasteiger partial charge is 0.478 e. The lowest BCUT2D eigenvalue weighted by molar-refractivity contribution is 0.0697. The maximum atomic E-state index is 11.3. The normalized spacial score (nSPS) is 10.5. The highest BCUT2D eigenvalue weighted by molar-refractivity contribution is 6.42. The van der Waals surface area contributed by atoms with Gasteiger partial charge in [-0.2, -0.15) is 0 Å². The third-order valence-electron chi connectivity index (χ3n) is 2.68. The fourth-order valence-corrected chi connectivity index (χ4v) is 2.87. The van der Waals surface area contributed by atoms with Crippen molar-refractivity contribution in [3.05, 3.63) is 56.5 Å². The van der Waals surface area contributed by atoms with Crippen LogP contribution in [-0.2, 0) is 0 Å². The van der Waals surface area contributed by atoms with E-state index in [1.165, 1.54) is 12.1 Å². The third kappa shape index (κ3) is 2.86. The van der Waals surface area contributed by atoms with Crippen LogP contribution in [0.5, 0.6) is 0 Å². The van der Waals surface area contributed by atoms with E-state index in [1.807, 2.05) is 13.0 Å². The molecule has 2 rings (SSSR count). The minimum atomic E-state index is -1.03. The summed E-state index contributed by atoms with van der Waals surface area (Å²) in [6, 6.07) is 8.16. The Labute approximate surface area is 125 Å². The van der Waals surface area contributed by atoms with Gasteiger partial charge in [0.25, 0.3) is 0 Å². The van der Waals surface area contributed by atoms with Crippen molar-refractivity contribution in [2.45, 2.75) is 6.92 Å². The van der Waals surface area contributed by atoms with Crippen molar-refractivity contribution < 1.29 is 9.90 Å². The summed E-state index contributed by atoms with van der Waals surface area (Å²) in [6.45, 7) is 1.82. The molecule has 0 fully saturated rings. The van der Waals surface area contributed by atoms with E-state index >= 15 is 0 Å². The van der Waals surface area contributed by atoms with Crippen LogP contribution in [0.15, 0.2) is 30.3 Å². The van der Waals surface area contributed by atoms with Crippen molar-refractivity contribution >= 4 is 40.8 Å². The number of hydrogen-bond donors (Lipinski definition) is 1. The van der Waals surface area contributed by atoms with Crippen LogP contribution in [0, 0.1) is 6.92 Å². The Kier molecular flexibility index (Phi) is 4.04. The molecule has 0 aliphatic rings. The van der Waals surface area contributed by atoms with Gasteiger partial charge in [0.05, 0.1) is 15.6 Å². The van der Waals surface area contributed by atoms with Crippen LogP contribution in [0.1, 0.15) is 15.9 Å². The van der Waals surface area contributed by atoms with Crippen LogP contribution in [0.2, 0.25) is 15.1 Å². The molecule has 0 aromatic heterocycles. The molecule has 0 radical (unpaired) electrons. The van der Waals surface area contributed by atoms with Gasteiger partial charge in [-0.1, -0.05) is 52.5 Å². The summed E-state index contributed by atoms with van der Waals surface area (Å²) in [7, 11) is 0. The van der Waals surface area contributed by atoms with Gasteiger partial charge < -0.3 is 5.11 Å². The second kappa shape index (κ2) is 5.41. The first-order valence-corrected chi connectivity index (χ1v) is 6.52. The molecule has 0 heterocycles. The van der Waals surface area contributed by atoms with Crippen LogP contribution in [0.4, 0.5) is 0 Å². The van der Waals surface area contributed by atoms with Gasteiger partial charge in [0.15, 0.2) is 0 Å². The summed E-state index contributed by atoms with van der Waals surface area (Å²) in [4.78, 5) is 11.3. The molecule has 5 heteroatoms. The van der Waals surface area contributed by atoms with E-state index in [-0.39, 0.29) is 5.56 Å². The number of aromatic carboxylic acids is 1. The maximum absolute atomic E-state index is 11.3. The molecule has 0 aliphatic heterocycles. The summed E-state index contributed by atoms with van der Waals surface area (Å²) in [6.07, 6.45) is 0. The van der Waals surface area contributed by atoms with Crippen LogP contribution in [0.25, 0.3) is 11.1 Å². The van der Waals surface area contributed by atoms with Gasteiger partial charge in [0.2, 0.25) is 0 Å². The van der Waals surface area contributed by atoms with Crippen molar-refractivity contribution in [3.8, 4) is 11.1 Å². The van der Waals surface area contributed by atoms with E-state index in [1.54, 1.807) is 12.1 Å². The van der Waals surface area contributed by atoms with Gasteiger partial charge in [0, 0.05) is 10.6 Å². The highest BCUT2D eigenvalue weighted by atomic mass is 35.5. The van der Waals surface area contributed by atoms with Crippen LogP contribution in [-0.4, -0.2) is 11.1 Å². The molecule has 0 atom stereocenters. The Morgan fingerprint density at radius 3 is 2.16 bits per heavy atom. The average molecular weight is 316 g/mol. The zero-order valence-corrected chi connectivity index (χ0v) is 12.1. The lowest BCUT2D eigenvalue weighted by Crippen LogP contribution is -2.00. The van der Waals surface area contributed by atoms with Crippen molar-refractivity contribution in [3.63, 3.8) is 0 Å². The highest BCUT2D eigenvalue weighted by Gasteiger charge is 2.17. The molecule has 0 saturated heterocycles. The fourth-order valence-electron chi connectivity index (χ4n) is 1.85. The van der Waals surface area contributed by atoms with E-state index in [4.69, 9.17) is 34.8 Å². The fraction of sp³-hybridized carbons (Fsp3) is 0.0714. The molecule has 0 saturated carbocycles. The van der Waals surface area contributed by atoms with Crippen LogP contribution >= 0.6 is 34.8 Å². The molecular weight excluding hydrogens is 307 g/mol. The summed E-state index contributed by atoms with van der Waals surface area (Å²) < 4.78 is 0. The Balaban J connectivity index is 2.76. The van der Waals surface area contributed by atoms with Crippen molar-refractivity contribution in [2.24, 2.45) is 0 Å². The minimum absolute atomic E-state index is 0.158. The van der Waals surface area contributed by atoms with Gasteiger partial charge in [-0.15, -0.1) is 0 Å². The zero-order valence-electron chi connectivity index (χ0n) is 9.88. The lowest BCUT2D eigenvalue weighted by Gasteiger charge is -2.11. The van der Waals surface area contributed by atoms with Gasteiger partial charge in [-0.3, -0.25) is 0 Å². The first kappa shape index (κ1) is 14.2. The van der Waals surface area contributed by atoms with Crippen LogP contribution < -0.4 is 0 Å². The number of aryl methyl sites for hydroxylation is 1. The number of rotatable bonds is 2. The smallest absolute Gasteiger partial charge is 0.336 e. The first-order valence-electron chi connectivity index (χ1n) is 5.39. The van der Waals surface area contributed by atoms with Gasteiger partial charge in [-0.25, -0.2) is 4.79 Å². The predicted octanol–water partition coefficient (Wildman–Crippen LogP) is 5.32. The van der Waals surface area contributed by atoms with Crippen molar-refractivity contribution in [1.82, 2.24) is 0 Å².